The molecule has 2 fully saturated rings. The van der Waals surface area contributed by atoms with Gasteiger partial charge in [-0.25, -0.2) is 0 Å². The van der Waals surface area contributed by atoms with E-state index in [1.54, 1.807) is 0 Å². The third kappa shape index (κ3) is 6.22. The summed E-state index contributed by atoms with van der Waals surface area (Å²) in [6.07, 6.45) is 1.59. The van der Waals surface area contributed by atoms with Crippen molar-refractivity contribution >= 4 is 23.2 Å². The second-order valence-corrected chi connectivity index (χ2v) is 5.31. The van der Waals surface area contributed by atoms with Crippen LogP contribution in [0, 0.1) is 0 Å². The minimum atomic E-state index is -0.283. The van der Waals surface area contributed by atoms with Crippen molar-refractivity contribution in [2.45, 2.75) is 36.7 Å². The molecule has 0 spiro atoms. The van der Waals surface area contributed by atoms with Crippen molar-refractivity contribution in [1.29, 1.82) is 0 Å². The number of alkyl halides is 2. The molecule has 0 aliphatic carbocycles. The summed E-state index contributed by atoms with van der Waals surface area (Å²) in [5.74, 6) is 0.554. The van der Waals surface area contributed by atoms with Crippen molar-refractivity contribution in [2.75, 3.05) is 32.3 Å². The quantitative estimate of drug-likeness (QED) is 0.348. The Morgan fingerprint density at radius 2 is 1.65 bits per heavy atom. The molecule has 17 heavy (non-hydrogen) atoms. The van der Waals surface area contributed by atoms with Crippen molar-refractivity contribution in [1.82, 2.24) is 0 Å². The molecule has 0 saturated carbocycles. The third-order valence-electron chi connectivity index (χ3n) is 2.61. The van der Waals surface area contributed by atoms with E-state index < -0.39 is 0 Å². The number of hydrogen-bond acceptors (Lipinski definition) is 4. The van der Waals surface area contributed by atoms with Crippen LogP contribution < -0.4 is 0 Å². The maximum Gasteiger partial charge on any atom is 0.159 e. The molecule has 2 aliphatic heterocycles. The van der Waals surface area contributed by atoms with Gasteiger partial charge in [0.25, 0.3) is 0 Å². The van der Waals surface area contributed by atoms with E-state index in [4.69, 9.17) is 42.1 Å². The number of rotatable bonds is 10. The van der Waals surface area contributed by atoms with Crippen LogP contribution in [0.15, 0.2) is 0 Å². The van der Waals surface area contributed by atoms with Crippen LogP contribution in [0.4, 0.5) is 0 Å². The van der Waals surface area contributed by atoms with Crippen LogP contribution >= 0.6 is 23.2 Å². The average molecular weight is 285 g/mol. The summed E-state index contributed by atoms with van der Waals surface area (Å²) in [7, 11) is 0. The minimum Gasteiger partial charge on any atom is -0.371 e. The van der Waals surface area contributed by atoms with Gasteiger partial charge in [-0.3, -0.25) is 0 Å². The zero-order valence-electron chi connectivity index (χ0n) is 9.65. The molecule has 2 rings (SSSR count). The molecule has 2 aliphatic rings. The highest BCUT2D eigenvalue weighted by Crippen LogP contribution is 2.19. The first kappa shape index (κ1) is 13.8. The van der Waals surface area contributed by atoms with Crippen LogP contribution in [0.25, 0.3) is 0 Å². The third-order valence-corrected chi connectivity index (χ3v) is 3.23. The molecule has 0 amide bonds. The predicted molar refractivity (Wildman–Crippen MR) is 64.8 cm³/mol. The van der Waals surface area contributed by atoms with E-state index in [-0.39, 0.29) is 23.9 Å². The summed E-state index contributed by atoms with van der Waals surface area (Å²) in [6, 6.07) is 0. The zero-order valence-corrected chi connectivity index (χ0v) is 11.2. The van der Waals surface area contributed by atoms with E-state index in [9.17, 15) is 0 Å². The van der Waals surface area contributed by atoms with Gasteiger partial charge in [-0.2, -0.15) is 0 Å². The number of ether oxygens (including phenoxy) is 4. The number of halogens is 2. The van der Waals surface area contributed by atoms with Crippen LogP contribution in [0.3, 0.4) is 0 Å². The first-order valence-corrected chi connectivity index (χ1v) is 6.91. The molecular formula is C11H18Cl2O4. The van der Waals surface area contributed by atoms with Gasteiger partial charge in [0, 0.05) is 17.7 Å². The molecule has 2 heterocycles. The molecule has 0 N–H and O–H groups in total. The Labute approximate surface area is 111 Å². The molecule has 2 saturated heterocycles. The smallest absolute Gasteiger partial charge is 0.159 e. The second kappa shape index (κ2) is 7.12. The first-order chi connectivity index (χ1) is 8.28. The van der Waals surface area contributed by atoms with Gasteiger partial charge in [-0.1, -0.05) is 0 Å². The fraction of sp³-hybridized carbons (Fsp3) is 1.00. The monoisotopic (exact) mass is 284 g/mol. The Hall–Kier alpha value is 0.420. The van der Waals surface area contributed by atoms with Gasteiger partial charge in [0.2, 0.25) is 0 Å². The molecule has 0 aromatic rings. The van der Waals surface area contributed by atoms with Crippen LogP contribution in [0.1, 0.15) is 12.8 Å². The van der Waals surface area contributed by atoms with Crippen molar-refractivity contribution in [3.63, 3.8) is 0 Å². The molecule has 0 radical (unpaired) electrons. The number of hydrogen-bond donors (Lipinski definition) is 0. The van der Waals surface area contributed by atoms with E-state index in [0.717, 1.165) is 19.6 Å². The van der Waals surface area contributed by atoms with E-state index in [1.807, 2.05) is 0 Å². The molecule has 6 heteroatoms. The highest BCUT2D eigenvalue weighted by Gasteiger charge is 2.28. The fourth-order valence-electron chi connectivity index (χ4n) is 1.39. The van der Waals surface area contributed by atoms with Crippen LogP contribution in [0.5, 0.6) is 0 Å². The summed E-state index contributed by atoms with van der Waals surface area (Å²) in [5.41, 5.74) is 0. The van der Waals surface area contributed by atoms with E-state index in [1.165, 1.54) is 0 Å². The summed E-state index contributed by atoms with van der Waals surface area (Å²) in [5, 5.41) is -0.0160. The first-order valence-electron chi connectivity index (χ1n) is 5.94. The largest absolute Gasteiger partial charge is 0.371 e. The van der Waals surface area contributed by atoms with Gasteiger partial charge in [-0.15, -0.1) is 23.2 Å². The van der Waals surface area contributed by atoms with Crippen LogP contribution in [0.2, 0.25) is 0 Å². The Balaban J connectivity index is 1.64. The Kier molecular flexibility index (Phi) is 5.80. The molecule has 0 aromatic heterocycles. The SMILES string of the molecule is ClCCC(Cl)CC(OCC1CO1)OCC1CO1. The van der Waals surface area contributed by atoms with Crippen molar-refractivity contribution in [2.24, 2.45) is 0 Å². The van der Waals surface area contributed by atoms with Gasteiger partial charge in [0.1, 0.15) is 12.2 Å². The van der Waals surface area contributed by atoms with E-state index in [2.05, 4.69) is 0 Å². The lowest BCUT2D eigenvalue weighted by atomic mass is 10.2. The van der Waals surface area contributed by atoms with Gasteiger partial charge in [-0.05, 0) is 6.42 Å². The van der Waals surface area contributed by atoms with Crippen LogP contribution in [-0.2, 0) is 18.9 Å². The second-order valence-electron chi connectivity index (χ2n) is 4.32. The average Bonchev–Trinajstić information content (AvgIpc) is 3.16. The normalized spacial score (nSPS) is 30.0. The molecule has 4 nitrogen and oxygen atoms in total. The topological polar surface area (TPSA) is 43.5 Å². The molecule has 3 atom stereocenters. The minimum absolute atomic E-state index is 0.0160. The summed E-state index contributed by atoms with van der Waals surface area (Å²) >= 11 is 11.8. The Morgan fingerprint density at radius 1 is 1.12 bits per heavy atom. The van der Waals surface area contributed by atoms with Crippen molar-refractivity contribution < 1.29 is 18.9 Å². The van der Waals surface area contributed by atoms with E-state index in [0.29, 0.717) is 25.5 Å². The summed E-state index contributed by atoms with van der Waals surface area (Å²) in [6.45, 7) is 2.70. The van der Waals surface area contributed by atoms with Gasteiger partial charge >= 0.3 is 0 Å². The lowest BCUT2D eigenvalue weighted by Gasteiger charge is -2.20. The highest BCUT2D eigenvalue weighted by molar-refractivity contribution is 6.22. The van der Waals surface area contributed by atoms with E-state index >= 15 is 0 Å². The fourth-order valence-corrected chi connectivity index (χ4v) is 2.02. The lowest BCUT2D eigenvalue weighted by molar-refractivity contribution is -0.150. The van der Waals surface area contributed by atoms with Gasteiger partial charge in [0.15, 0.2) is 6.29 Å². The van der Waals surface area contributed by atoms with Gasteiger partial charge in [0.05, 0.1) is 26.4 Å². The highest BCUT2D eigenvalue weighted by atomic mass is 35.5. The van der Waals surface area contributed by atoms with Crippen molar-refractivity contribution in [3.8, 4) is 0 Å². The van der Waals surface area contributed by atoms with Gasteiger partial charge < -0.3 is 18.9 Å². The molecule has 100 valence electrons. The standard InChI is InChI=1S/C11H18Cl2O4/c12-2-1-8(13)3-11(16-6-9-4-14-9)17-7-10-5-15-10/h8-11H,1-7H2. The van der Waals surface area contributed by atoms with Crippen LogP contribution in [-0.4, -0.2) is 56.2 Å². The maximum absolute atomic E-state index is 6.13. The Morgan fingerprint density at radius 3 is 2.06 bits per heavy atom. The molecule has 3 unspecified atom stereocenters. The molecule has 0 bridgehead atoms. The Bertz CT molecular complexity index is 206. The predicted octanol–water partition coefficient (Wildman–Crippen LogP) is 1.77. The maximum atomic E-state index is 6.13. The lowest BCUT2D eigenvalue weighted by Crippen LogP contribution is -2.25. The number of epoxide rings is 2. The molecule has 0 aromatic carbocycles. The van der Waals surface area contributed by atoms with Crippen molar-refractivity contribution in [3.05, 3.63) is 0 Å². The molecular weight excluding hydrogens is 267 g/mol. The summed E-state index contributed by atoms with van der Waals surface area (Å²) < 4.78 is 21.4. The summed E-state index contributed by atoms with van der Waals surface area (Å²) in [4.78, 5) is 0. The zero-order chi connectivity index (χ0) is 12.1.